The average Bonchev–Trinajstić information content (AvgIpc) is 2.88. The third kappa shape index (κ3) is 4.14. The van der Waals surface area contributed by atoms with E-state index in [1.165, 1.54) is 14.2 Å². The van der Waals surface area contributed by atoms with E-state index < -0.39 is 12.0 Å². The molecule has 8 heteroatoms. The number of para-hydroxylation sites is 1. The van der Waals surface area contributed by atoms with Gasteiger partial charge in [-0.3, -0.25) is 14.6 Å². The summed E-state index contributed by atoms with van der Waals surface area (Å²) in [6.45, 7) is 0.277. The predicted octanol–water partition coefficient (Wildman–Crippen LogP) is 3.33. The molecule has 3 aromatic rings. The largest absolute Gasteiger partial charge is 0.496 e. The Morgan fingerprint density at radius 1 is 1.00 bits per heavy atom. The first kappa shape index (κ1) is 23.1. The van der Waals surface area contributed by atoms with E-state index in [1.807, 2.05) is 30.3 Å². The van der Waals surface area contributed by atoms with E-state index in [-0.39, 0.29) is 18.4 Å². The van der Waals surface area contributed by atoms with Crippen molar-refractivity contribution in [2.75, 3.05) is 28.4 Å². The van der Waals surface area contributed by atoms with Crippen LogP contribution in [0.2, 0.25) is 0 Å². The summed E-state index contributed by atoms with van der Waals surface area (Å²) >= 11 is 0. The molecule has 2 unspecified atom stereocenters. The van der Waals surface area contributed by atoms with Gasteiger partial charge < -0.3 is 24.4 Å². The molecule has 0 spiro atoms. The molecule has 0 aliphatic carbocycles. The van der Waals surface area contributed by atoms with Crippen molar-refractivity contribution in [1.29, 1.82) is 0 Å². The molecule has 8 nitrogen and oxygen atoms in total. The highest BCUT2D eigenvalue weighted by Crippen LogP contribution is 2.45. The molecule has 4 rings (SSSR count). The zero-order valence-corrected chi connectivity index (χ0v) is 19.6. The van der Waals surface area contributed by atoms with Gasteiger partial charge in [-0.25, -0.2) is 0 Å². The molecule has 0 radical (unpaired) electrons. The lowest BCUT2D eigenvalue weighted by Gasteiger charge is -2.40. The highest BCUT2D eigenvalue weighted by Gasteiger charge is 2.43. The molecule has 1 aromatic heterocycles. The second-order valence-electron chi connectivity index (χ2n) is 7.95. The van der Waals surface area contributed by atoms with Crippen molar-refractivity contribution >= 4 is 11.8 Å². The van der Waals surface area contributed by atoms with E-state index in [0.29, 0.717) is 28.4 Å². The first-order chi connectivity index (χ1) is 16.5. The van der Waals surface area contributed by atoms with Crippen molar-refractivity contribution in [3.05, 3.63) is 83.2 Å². The van der Waals surface area contributed by atoms with Gasteiger partial charge in [-0.2, -0.15) is 0 Å². The number of carbonyl (C=O) groups excluding carboxylic acids is 2. The summed E-state index contributed by atoms with van der Waals surface area (Å²) in [6, 6.07) is 14.0. The van der Waals surface area contributed by atoms with Crippen LogP contribution in [0.1, 0.15) is 39.0 Å². The molecule has 34 heavy (non-hydrogen) atoms. The van der Waals surface area contributed by atoms with E-state index >= 15 is 0 Å². The van der Waals surface area contributed by atoms with E-state index in [2.05, 4.69) is 10.3 Å². The third-order valence-corrected chi connectivity index (χ3v) is 6.13. The highest BCUT2D eigenvalue weighted by atomic mass is 16.5. The van der Waals surface area contributed by atoms with E-state index in [9.17, 15) is 9.59 Å². The fraction of sp³-hybridized carbons (Fsp3) is 0.269. The Kier molecular flexibility index (Phi) is 6.67. The number of ether oxygens (including phenoxy) is 3. The average molecular weight is 462 g/mol. The summed E-state index contributed by atoms with van der Waals surface area (Å²) < 4.78 is 16.3. The van der Waals surface area contributed by atoms with Crippen LogP contribution in [0.4, 0.5) is 0 Å². The van der Waals surface area contributed by atoms with Gasteiger partial charge >= 0.3 is 0 Å². The first-order valence-corrected chi connectivity index (χ1v) is 10.8. The molecule has 0 fully saturated rings. The molecular weight excluding hydrogens is 434 g/mol. The summed E-state index contributed by atoms with van der Waals surface area (Å²) in [5.74, 6) is 0.430. The van der Waals surface area contributed by atoms with Crippen molar-refractivity contribution in [3.63, 3.8) is 0 Å². The van der Waals surface area contributed by atoms with Gasteiger partial charge in [0.1, 0.15) is 5.75 Å². The number of fused-ring (bicyclic) bond motifs is 1. The Balaban J connectivity index is 1.79. The molecule has 2 heterocycles. The monoisotopic (exact) mass is 461 g/mol. The minimum atomic E-state index is -0.698. The number of aromatic nitrogens is 1. The molecule has 2 amide bonds. The van der Waals surface area contributed by atoms with Crippen molar-refractivity contribution in [2.45, 2.75) is 18.5 Å². The molecule has 0 saturated heterocycles. The van der Waals surface area contributed by atoms with Gasteiger partial charge in [0.05, 0.1) is 33.3 Å². The van der Waals surface area contributed by atoms with Gasteiger partial charge in [-0.1, -0.05) is 24.3 Å². The number of hydrogen-bond donors (Lipinski definition) is 1. The number of carbonyl (C=O) groups is 2. The number of pyridine rings is 1. The lowest BCUT2D eigenvalue weighted by molar-refractivity contribution is -0.124. The minimum absolute atomic E-state index is 0.210. The second-order valence-corrected chi connectivity index (χ2v) is 7.95. The Labute approximate surface area is 198 Å². The van der Waals surface area contributed by atoms with Crippen LogP contribution >= 0.6 is 0 Å². The fourth-order valence-corrected chi connectivity index (χ4v) is 4.44. The minimum Gasteiger partial charge on any atom is -0.496 e. The molecule has 1 N–H and O–H groups in total. The first-order valence-electron chi connectivity index (χ1n) is 10.8. The Morgan fingerprint density at radius 2 is 1.71 bits per heavy atom. The highest BCUT2D eigenvalue weighted by molar-refractivity contribution is 6.02. The standard InChI is InChI=1S/C26H27N3O5/c1-29-24(17-9-7-11-27-14-17)23(25(30)28-15-16-8-5-6-10-20(16)32-2)18-12-21(33-3)22(34-4)13-19(18)26(29)31/h5-14,23-24H,15H2,1-4H3,(H,28,30). The number of hydrogen-bond acceptors (Lipinski definition) is 6. The van der Waals surface area contributed by atoms with Crippen molar-refractivity contribution in [1.82, 2.24) is 15.2 Å². The predicted molar refractivity (Wildman–Crippen MR) is 126 cm³/mol. The number of methoxy groups -OCH3 is 3. The zero-order valence-electron chi connectivity index (χ0n) is 19.6. The van der Waals surface area contributed by atoms with Gasteiger partial charge in [-0.15, -0.1) is 0 Å². The maximum atomic E-state index is 13.7. The number of benzene rings is 2. The number of amides is 2. The SMILES string of the molecule is COc1ccccc1CNC(=O)C1c2cc(OC)c(OC)cc2C(=O)N(C)C1c1cccnc1. The fourth-order valence-electron chi connectivity index (χ4n) is 4.44. The summed E-state index contributed by atoms with van der Waals surface area (Å²) in [6.07, 6.45) is 3.34. The van der Waals surface area contributed by atoms with Gasteiger partial charge in [0, 0.05) is 37.1 Å². The molecule has 2 aromatic carbocycles. The van der Waals surface area contributed by atoms with E-state index in [0.717, 1.165) is 11.1 Å². The molecule has 0 saturated carbocycles. The molecule has 0 bridgehead atoms. The molecular formula is C26H27N3O5. The summed E-state index contributed by atoms with van der Waals surface area (Å²) in [4.78, 5) is 32.9. The van der Waals surface area contributed by atoms with Gasteiger partial charge in [0.25, 0.3) is 5.91 Å². The Morgan fingerprint density at radius 3 is 2.38 bits per heavy atom. The quantitative estimate of drug-likeness (QED) is 0.581. The maximum Gasteiger partial charge on any atom is 0.254 e. The van der Waals surface area contributed by atoms with Gasteiger partial charge in [0.2, 0.25) is 5.91 Å². The number of rotatable bonds is 7. The van der Waals surface area contributed by atoms with Crippen LogP contribution in [0.3, 0.4) is 0 Å². The van der Waals surface area contributed by atoms with E-state index in [1.54, 1.807) is 49.7 Å². The Bertz CT molecular complexity index is 1200. The zero-order chi connectivity index (χ0) is 24.2. The van der Waals surface area contributed by atoms with Gasteiger partial charge in [-0.05, 0) is 35.4 Å². The molecule has 1 aliphatic rings. The lowest BCUT2D eigenvalue weighted by atomic mass is 9.79. The summed E-state index contributed by atoms with van der Waals surface area (Å²) in [7, 11) is 6.32. The van der Waals surface area contributed by atoms with Crippen LogP contribution < -0.4 is 19.5 Å². The third-order valence-electron chi connectivity index (χ3n) is 6.13. The van der Waals surface area contributed by atoms with Crippen LogP contribution in [0.5, 0.6) is 17.2 Å². The summed E-state index contributed by atoms with van der Waals surface area (Å²) in [5, 5.41) is 3.04. The summed E-state index contributed by atoms with van der Waals surface area (Å²) in [5.41, 5.74) is 2.59. The molecule has 2 atom stereocenters. The lowest BCUT2D eigenvalue weighted by Crippen LogP contribution is -2.45. The van der Waals surface area contributed by atoms with Crippen LogP contribution in [0.15, 0.2) is 60.9 Å². The van der Waals surface area contributed by atoms with Crippen molar-refractivity contribution in [3.8, 4) is 17.2 Å². The number of nitrogens with zero attached hydrogens (tertiary/aromatic N) is 2. The number of nitrogens with one attached hydrogen (secondary N) is 1. The normalized spacial score (nSPS) is 17.1. The Hall–Kier alpha value is -4.07. The van der Waals surface area contributed by atoms with E-state index in [4.69, 9.17) is 14.2 Å². The van der Waals surface area contributed by atoms with Crippen LogP contribution in [-0.2, 0) is 11.3 Å². The van der Waals surface area contributed by atoms with Crippen LogP contribution in [0, 0.1) is 0 Å². The van der Waals surface area contributed by atoms with Crippen LogP contribution in [0.25, 0.3) is 0 Å². The number of likely N-dealkylation sites (N-methyl/N-ethyl adjacent to an activating group) is 1. The van der Waals surface area contributed by atoms with Crippen LogP contribution in [-0.4, -0.2) is 50.1 Å². The van der Waals surface area contributed by atoms with Crippen molar-refractivity contribution < 1.29 is 23.8 Å². The smallest absolute Gasteiger partial charge is 0.254 e. The second kappa shape index (κ2) is 9.82. The molecule has 1 aliphatic heterocycles. The molecule has 176 valence electrons. The van der Waals surface area contributed by atoms with Gasteiger partial charge in [0.15, 0.2) is 11.5 Å². The maximum absolute atomic E-state index is 13.7. The topological polar surface area (TPSA) is 90.0 Å². The van der Waals surface area contributed by atoms with Crippen molar-refractivity contribution in [2.24, 2.45) is 0 Å².